The number of ether oxygens (including phenoxy) is 4. The molecule has 0 spiro atoms. The molecular formula is C25H33ClN2O7S. The molecule has 2 aromatic rings. The predicted octanol–water partition coefficient (Wildman–Crippen LogP) is 3.82. The minimum atomic E-state index is -3.82. The maximum absolute atomic E-state index is 13.3. The normalized spacial score (nSPS) is 16.3. The van der Waals surface area contributed by atoms with Crippen LogP contribution in [0.15, 0.2) is 35.2 Å². The van der Waals surface area contributed by atoms with Gasteiger partial charge in [0.15, 0.2) is 11.5 Å². The van der Waals surface area contributed by atoms with Crippen LogP contribution in [0.2, 0.25) is 5.02 Å². The zero-order chi connectivity index (χ0) is 26.5. The molecular weight excluding hydrogens is 508 g/mol. The molecule has 1 aliphatic rings. The number of methoxy groups -OCH3 is 3. The third kappa shape index (κ3) is 5.99. The summed E-state index contributed by atoms with van der Waals surface area (Å²) in [4.78, 5) is 15.0. The molecule has 2 aromatic carbocycles. The van der Waals surface area contributed by atoms with Gasteiger partial charge in [-0.3, -0.25) is 4.79 Å². The lowest BCUT2D eigenvalue weighted by molar-refractivity contribution is -0.135. The number of halogens is 1. The zero-order valence-corrected chi connectivity index (χ0v) is 22.8. The summed E-state index contributed by atoms with van der Waals surface area (Å²) in [6.45, 7) is 2.99. The van der Waals surface area contributed by atoms with Crippen molar-refractivity contribution in [1.82, 2.24) is 9.21 Å². The molecule has 0 bridgehead atoms. The van der Waals surface area contributed by atoms with Crippen LogP contribution < -0.4 is 18.9 Å². The van der Waals surface area contributed by atoms with Crippen LogP contribution in [0, 0.1) is 5.92 Å². The Kier molecular flexibility index (Phi) is 9.32. The van der Waals surface area contributed by atoms with E-state index in [4.69, 9.17) is 30.5 Å². The molecule has 3 rings (SSSR count). The minimum Gasteiger partial charge on any atom is -0.493 e. The number of amides is 1. The molecule has 1 unspecified atom stereocenters. The van der Waals surface area contributed by atoms with E-state index in [0.29, 0.717) is 55.5 Å². The Morgan fingerprint density at radius 2 is 1.75 bits per heavy atom. The summed E-state index contributed by atoms with van der Waals surface area (Å²) in [6, 6.07) is 8.01. The smallest absolute Gasteiger partial charge is 0.243 e. The highest BCUT2D eigenvalue weighted by Crippen LogP contribution is 2.38. The lowest BCUT2D eigenvalue weighted by atomic mass is 9.98. The van der Waals surface area contributed by atoms with Crippen LogP contribution in [0.4, 0.5) is 0 Å². The number of hydrogen-bond acceptors (Lipinski definition) is 7. The first-order valence-electron chi connectivity index (χ1n) is 11.6. The van der Waals surface area contributed by atoms with Crippen molar-refractivity contribution in [3.05, 3.63) is 40.9 Å². The molecule has 198 valence electrons. The van der Waals surface area contributed by atoms with Crippen LogP contribution in [0.3, 0.4) is 0 Å². The second kappa shape index (κ2) is 12.0. The van der Waals surface area contributed by atoms with Gasteiger partial charge in [-0.05, 0) is 55.7 Å². The minimum absolute atomic E-state index is 0.0785. The van der Waals surface area contributed by atoms with Gasteiger partial charge < -0.3 is 23.8 Å². The quantitative estimate of drug-likeness (QED) is 0.452. The van der Waals surface area contributed by atoms with Gasteiger partial charge in [-0.2, -0.15) is 4.31 Å². The standard InChI is InChI=1S/C25H33ClN2O7S/c1-6-35-21-10-9-19(14-20(21)26)36(30,31)28-11-7-8-18(16-28)25(29)27(2)15-17-12-22(32-3)24(34-5)23(13-17)33-4/h9-10,12-14,18H,6-8,11,15-16H2,1-5H3. The Bertz CT molecular complexity index is 1160. The summed E-state index contributed by atoms with van der Waals surface area (Å²) in [7, 11) is 2.47. The van der Waals surface area contributed by atoms with E-state index >= 15 is 0 Å². The monoisotopic (exact) mass is 540 g/mol. The highest BCUT2D eigenvalue weighted by Gasteiger charge is 2.35. The topological polar surface area (TPSA) is 94.6 Å². The fraction of sp³-hybridized carbons (Fsp3) is 0.480. The van der Waals surface area contributed by atoms with Gasteiger partial charge in [0.1, 0.15) is 5.75 Å². The first-order valence-corrected chi connectivity index (χ1v) is 13.4. The molecule has 1 heterocycles. The number of rotatable bonds is 10. The van der Waals surface area contributed by atoms with Crippen LogP contribution >= 0.6 is 11.6 Å². The van der Waals surface area contributed by atoms with Gasteiger partial charge in [-0.15, -0.1) is 0 Å². The van der Waals surface area contributed by atoms with E-state index < -0.39 is 15.9 Å². The molecule has 36 heavy (non-hydrogen) atoms. The number of piperidine rings is 1. The largest absolute Gasteiger partial charge is 0.493 e. The highest BCUT2D eigenvalue weighted by atomic mass is 35.5. The molecule has 0 aliphatic carbocycles. The zero-order valence-electron chi connectivity index (χ0n) is 21.2. The van der Waals surface area contributed by atoms with E-state index in [1.165, 1.54) is 37.8 Å². The van der Waals surface area contributed by atoms with Crippen LogP contribution in [-0.4, -0.2) is 71.6 Å². The lowest BCUT2D eigenvalue weighted by Crippen LogP contribution is -2.45. The second-order valence-electron chi connectivity index (χ2n) is 8.46. The Morgan fingerprint density at radius 3 is 2.31 bits per heavy atom. The van der Waals surface area contributed by atoms with E-state index in [1.54, 1.807) is 30.1 Å². The van der Waals surface area contributed by atoms with Gasteiger partial charge in [-0.25, -0.2) is 8.42 Å². The second-order valence-corrected chi connectivity index (χ2v) is 10.8. The number of hydrogen-bond donors (Lipinski definition) is 0. The van der Waals surface area contributed by atoms with Crippen molar-refractivity contribution >= 4 is 27.5 Å². The Labute approximate surface area is 217 Å². The fourth-order valence-corrected chi connectivity index (χ4v) is 6.17. The summed E-state index contributed by atoms with van der Waals surface area (Å²) in [6.07, 6.45) is 1.19. The van der Waals surface area contributed by atoms with Crippen LogP contribution in [0.5, 0.6) is 23.0 Å². The SMILES string of the molecule is CCOc1ccc(S(=O)(=O)N2CCCC(C(=O)N(C)Cc3cc(OC)c(OC)c(OC)c3)C2)cc1Cl. The number of nitrogens with zero attached hydrogens (tertiary/aromatic N) is 2. The van der Waals surface area contributed by atoms with Crippen molar-refractivity contribution in [3.8, 4) is 23.0 Å². The summed E-state index contributed by atoms with van der Waals surface area (Å²) in [5.41, 5.74) is 0.796. The molecule has 1 saturated heterocycles. The van der Waals surface area contributed by atoms with Gasteiger partial charge in [0.05, 0.1) is 43.8 Å². The third-order valence-corrected chi connectivity index (χ3v) is 8.25. The molecule has 1 fully saturated rings. The molecule has 11 heteroatoms. The molecule has 0 N–H and O–H groups in total. The Balaban J connectivity index is 1.74. The average molecular weight is 541 g/mol. The van der Waals surface area contributed by atoms with Gasteiger partial charge in [0.25, 0.3) is 0 Å². The molecule has 0 aromatic heterocycles. The van der Waals surface area contributed by atoms with Crippen molar-refractivity contribution < 1.29 is 32.2 Å². The molecule has 1 amide bonds. The predicted molar refractivity (Wildman–Crippen MR) is 137 cm³/mol. The van der Waals surface area contributed by atoms with Crippen molar-refractivity contribution in [1.29, 1.82) is 0 Å². The van der Waals surface area contributed by atoms with E-state index in [0.717, 1.165) is 5.56 Å². The number of carbonyl (C=O) groups is 1. The Hall–Kier alpha value is -2.69. The fourth-order valence-electron chi connectivity index (χ4n) is 4.32. The first-order chi connectivity index (χ1) is 17.2. The summed E-state index contributed by atoms with van der Waals surface area (Å²) in [5, 5.41) is 0.229. The molecule has 0 radical (unpaired) electrons. The molecule has 0 saturated carbocycles. The molecule has 1 atom stereocenters. The average Bonchev–Trinajstić information content (AvgIpc) is 2.88. The summed E-state index contributed by atoms with van der Waals surface area (Å²) < 4.78 is 49.5. The van der Waals surface area contributed by atoms with Gasteiger partial charge in [0, 0.05) is 26.7 Å². The van der Waals surface area contributed by atoms with Crippen LogP contribution in [-0.2, 0) is 21.4 Å². The van der Waals surface area contributed by atoms with Crippen molar-refractivity contribution in [2.24, 2.45) is 5.92 Å². The first kappa shape index (κ1) is 27.9. The van der Waals surface area contributed by atoms with Gasteiger partial charge in [0.2, 0.25) is 21.7 Å². The number of benzene rings is 2. The van der Waals surface area contributed by atoms with Gasteiger partial charge >= 0.3 is 0 Å². The van der Waals surface area contributed by atoms with Crippen molar-refractivity contribution in [3.63, 3.8) is 0 Å². The van der Waals surface area contributed by atoms with Crippen molar-refractivity contribution in [2.75, 3.05) is 48.1 Å². The van der Waals surface area contributed by atoms with Crippen LogP contribution in [0.25, 0.3) is 0 Å². The van der Waals surface area contributed by atoms with Gasteiger partial charge in [-0.1, -0.05) is 11.6 Å². The maximum Gasteiger partial charge on any atom is 0.243 e. The van der Waals surface area contributed by atoms with E-state index in [9.17, 15) is 13.2 Å². The van der Waals surface area contributed by atoms with Crippen molar-refractivity contribution in [2.45, 2.75) is 31.2 Å². The highest BCUT2D eigenvalue weighted by molar-refractivity contribution is 7.89. The van der Waals surface area contributed by atoms with E-state index in [1.807, 2.05) is 6.92 Å². The van der Waals surface area contributed by atoms with E-state index in [-0.39, 0.29) is 22.4 Å². The summed E-state index contributed by atoms with van der Waals surface area (Å²) >= 11 is 6.22. The Morgan fingerprint density at radius 1 is 1.08 bits per heavy atom. The number of sulfonamides is 1. The van der Waals surface area contributed by atoms with E-state index in [2.05, 4.69) is 0 Å². The molecule has 1 aliphatic heterocycles. The summed E-state index contributed by atoms with van der Waals surface area (Å²) in [5.74, 6) is 1.30. The lowest BCUT2D eigenvalue weighted by Gasteiger charge is -2.33. The molecule has 9 nitrogen and oxygen atoms in total. The third-order valence-electron chi connectivity index (χ3n) is 6.09. The maximum atomic E-state index is 13.3. The number of carbonyl (C=O) groups excluding carboxylic acids is 1. The van der Waals surface area contributed by atoms with Crippen LogP contribution in [0.1, 0.15) is 25.3 Å².